The fourth-order valence-corrected chi connectivity index (χ4v) is 2.06. The first-order valence-corrected chi connectivity index (χ1v) is 6.73. The van der Waals surface area contributed by atoms with Crippen LogP contribution in [0.2, 0.25) is 0 Å². The Balaban J connectivity index is 2.51. The Kier molecular flexibility index (Phi) is 4.67. The number of hydrogen-bond donors (Lipinski definition) is 1. The van der Waals surface area contributed by atoms with Crippen LogP contribution < -0.4 is 5.73 Å². The summed E-state index contributed by atoms with van der Waals surface area (Å²) in [6.07, 6.45) is 8.34. The molecule has 0 aliphatic carbocycles. The smallest absolute Gasteiger partial charge is 0.0948 e. The van der Waals surface area contributed by atoms with Gasteiger partial charge in [0.1, 0.15) is 0 Å². The molecule has 1 aromatic rings. The molecule has 15 heavy (non-hydrogen) atoms. The van der Waals surface area contributed by atoms with Gasteiger partial charge in [-0.15, -0.1) is 0 Å². The Morgan fingerprint density at radius 1 is 1.47 bits per heavy atom. The van der Waals surface area contributed by atoms with Crippen molar-refractivity contribution in [1.82, 2.24) is 9.55 Å². The Morgan fingerprint density at radius 2 is 2.20 bits per heavy atom. The highest BCUT2D eigenvalue weighted by molar-refractivity contribution is 7.98. The Hall–Kier alpha value is -0.480. The summed E-state index contributed by atoms with van der Waals surface area (Å²) >= 11 is 1.90. The van der Waals surface area contributed by atoms with Crippen molar-refractivity contribution in [3.05, 3.63) is 18.2 Å². The normalized spacial score (nSPS) is 12.0. The van der Waals surface area contributed by atoms with Gasteiger partial charge in [-0.25, -0.2) is 4.98 Å². The minimum Gasteiger partial charge on any atom is -0.333 e. The molecular weight excluding hydrogens is 206 g/mol. The molecule has 0 aromatic carbocycles. The highest BCUT2D eigenvalue weighted by Gasteiger charge is 2.18. The fourth-order valence-electron chi connectivity index (χ4n) is 1.56. The highest BCUT2D eigenvalue weighted by atomic mass is 32.2. The molecule has 3 nitrogen and oxygen atoms in total. The van der Waals surface area contributed by atoms with Gasteiger partial charge in [0, 0.05) is 12.7 Å². The van der Waals surface area contributed by atoms with E-state index in [1.54, 1.807) is 0 Å². The third-order valence-electron chi connectivity index (χ3n) is 2.37. The number of aryl methyl sites for hydroxylation is 1. The zero-order valence-corrected chi connectivity index (χ0v) is 10.7. The number of unbranched alkanes of at least 4 members (excludes halogenated alkanes) is 1. The number of hydrogen-bond acceptors (Lipinski definition) is 3. The molecule has 86 valence electrons. The minimum absolute atomic E-state index is 0.296. The van der Waals surface area contributed by atoms with Gasteiger partial charge in [-0.3, -0.25) is 0 Å². The highest BCUT2D eigenvalue weighted by Crippen LogP contribution is 2.16. The molecule has 0 radical (unpaired) electrons. The number of thioether (sulfide) groups is 1. The molecule has 0 spiro atoms. The van der Waals surface area contributed by atoms with E-state index in [0.29, 0.717) is 0 Å². The van der Waals surface area contributed by atoms with Gasteiger partial charge in [-0.1, -0.05) is 0 Å². The van der Waals surface area contributed by atoms with Crippen LogP contribution in [-0.4, -0.2) is 21.6 Å². The first kappa shape index (κ1) is 12.6. The van der Waals surface area contributed by atoms with Gasteiger partial charge in [0.15, 0.2) is 0 Å². The van der Waals surface area contributed by atoms with Crippen LogP contribution in [0, 0.1) is 0 Å². The number of nitrogens with two attached hydrogens (primary N) is 1. The largest absolute Gasteiger partial charge is 0.333 e. The van der Waals surface area contributed by atoms with E-state index in [4.69, 9.17) is 5.73 Å². The molecule has 1 rings (SSSR count). The van der Waals surface area contributed by atoms with Crippen molar-refractivity contribution in [3.8, 4) is 0 Å². The Labute approximate surface area is 96.5 Å². The second-order valence-electron chi connectivity index (χ2n) is 4.39. The zero-order valence-electron chi connectivity index (χ0n) is 9.86. The van der Waals surface area contributed by atoms with Crippen LogP contribution in [0.3, 0.4) is 0 Å². The van der Waals surface area contributed by atoms with Gasteiger partial charge in [-0.2, -0.15) is 11.8 Å². The summed E-state index contributed by atoms with van der Waals surface area (Å²) in [5.41, 5.74) is 6.89. The molecule has 2 N–H and O–H groups in total. The molecule has 0 amide bonds. The molecule has 1 aromatic heterocycles. The lowest BCUT2D eigenvalue weighted by Crippen LogP contribution is -2.31. The lowest BCUT2D eigenvalue weighted by atomic mass is 10.0. The van der Waals surface area contributed by atoms with Crippen molar-refractivity contribution in [1.29, 1.82) is 0 Å². The Morgan fingerprint density at radius 3 is 2.80 bits per heavy atom. The van der Waals surface area contributed by atoms with Crippen LogP contribution in [0.1, 0.15) is 32.4 Å². The second-order valence-corrected chi connectivity index (χ2v) is 5.38. The molecular formula is C11H21N3S. The van der Waals surface area contributed by atoms with Crippen molar-refractivity contribution >= 4 is 11.8 Å². The summed E-state index contributed by atoms with van der Waals surface area (Å²) in [4.78, 5) is 4.17. The SMILES string of the molecule is CSCCCCn1cncc1C(C)(C)N. The topological polar surface area (TPSA) is 43.8 Å². The van der Waals surface area contributed by atoms with Crippen LogP contribution >= 0.6 is 11.8 Å². The number of rotatable bonds is 6. The van der Waals surface area contributed by atoms with Gasteiger partial charge in [-0.05, 0) is 38.7 Å². The second kappa shape index (κ2) is 5.56. The molecule has 0 aliphatic rings. The van der Waals surface area contributed by atoms with E-state index in [-0.39, 0.29) is 5.54 Å². The van der Waals surface area contributed by atoms with E-state index in [1.165, 1.54) is 18.6 Å². The van der Waals surface area contributed by atoms with E-state index in [9.17, 15) is 0 Å². The summed E-state index contributed by atoms with van der Waals surface area (Å²) in [6.45, 7) is 5.06. The lowest BCUT2D eigenvalue weighted by Gasteiger charge is -2.20. The van der Waals surface area contributed by atoms with Gasteiger partial charge in [0.2, 0.25) is 0 Å². The molecule has 1 heterocycles. The predicted molar refractivity (Wildman–Crippen MR) is 67.1 cm³/mol. The third-order valence-corrected chi connectivity index (χ3v) is 3.07. The van der Waals surface area contributed by atoms with Crippen molar-refractivity contribution in [2.24, 2.45) is 5.73 Å². The first-order valence-electron chi connectivity index (χ1n) is 5.34. The summed E-state index contributed by atoms with van der Waals surface area (Å²) < 4.78 is 2.17. The summed E-state index contributed by atoms with van der Waals surface area (Å²) in [5.74, 6) is 1.23. The van der Waals surface area contributed by atoms with Gasteiger partial charge < -0.3 is 10.3 Å². The third kappa shape index (κ3) is 3.87. The maximum Gasteiger partial charge on any atom is 0.0948 e. The predicted octanol–water partition coefficient (Wildman–Crippen LogP) is 2.22. The van der Waals surface area contributed by atoms with Crippen LogP contribution in [0.5, 0.6) is 0 Å². The maximum atomic E-state index is 6.07. The summed E-state index contributed by atoms with van der Waals surface area (Å²) in [7, 11) is 0. The number of imidazole rings is 1. The van der Waals surface area contributed by atoms with Crippen LogP contribution in [0.4, 0.5) is 0 Å². The van der Waals surface area contributed by atoms with E-state index >= 15 is 0 Å². The summed E-state index contributed by atoms with van der Waals surface area (Å²) in [6, 6.07) is 0. The Bertz CT molecular complexity index is 288. The zero-order chi connectivity index (χ0) is 11.3. The van der Waals surface area contributed by atoms with Gasteiger partial charge in [0.25, 0.3) is 0 Å². The van der Waals surface area contributed by atoms with Crippen molar-refractivity contribution in [2.75, 3.05) is 12.0 Å². The molecule has 0 saturated heterocycles. The van der Waals surface area contributed by atoms with Gasteiger partial charge in [0.05, 0.1) is 17.6 Å². The van der Waals surface area contributed by atoms with Gasteiger partial charge >= 0.3 is 0 Å². The van der Waals surface area contributed by atoms with E-state index in [2.05, 4.69) is 15.8 Å². The van der Waals surface area contributed by atoms with E-state index in [1.807, 2.05) is 38.1 Å². The standard InChI is InChI=1S/C11H21N3S/c1-11(2,12)10-8-13-9-14(10)6-4-5-7-15-3/h8-9H,4-7,12H2,1-3H3. The molecule has 0 fully saturated rings. The number of nitrogens with zero attached hydrogens (tertiary/aromatic N) is 2. The average Bonchev–Trinajstić information content (AvgIpc) is 2.59. The fraction of sp³-hybridized carbons (Fsp3) is 0.727. The maximum absolute atomic E-state index is 6.07. The quantitative estimate of drug-likeness (QED) is 0.758. The molecule has 0 saturated carbocycles. The van der Waals surface area contributed by atoms with Crippen LogP contribution in [0.25, 0.3) is 0 Å². The lowest BCUT2D eigenvalue weighted by molar-refractivity contribution is 0.484. The van der Waals surface area contributed by atoms with Crippen molar-refractivity contribution in [2.45, 2.75) is 38.8 Å². The monoisotopic (exact) mass is 227 g/mol. The molecule has 0 atom stereocenters. The first-order chi connectivity index (χ1) is 7.05. The van der Waals surface area contributed by atoms with E-state index < -0.39 is 0 Å². The minimum atomic E-state index is -0.296. The van der Waals surface area contributed by atoms with E-state index in [0.717, 1.165) is 12.2 Å². The molecule has 0 aliphatic heterocycles. The molecule has 4 heteroatoms. The van der Waals surface area contributed by atoms with Crippen molar-refractivity contribution < 1.29 is 0 Å². The number of aromatic nitrogens is 2. The molecule has 0 unspecified atom stereocenters. The molecule has 0 bridgehead atoms. The average molecular weight is 227 g/mol. The van der Waals surface area contributed by atoms with Crippen LogP contribution in [0.15, 0.2) is 12.5 Å². The summed E-state index contributed by atoms with van der Waals surface area (Å²) in [5, 5.41) is 0. The van der Waals surface area contributed by atoms with Crippen molar-refractivity contribution in [3.63, 3.8) is 0 Å². The van der Waals surface area contributed by atoms with Crippen LogP contribution in [-0.2, 0) is 12.1 Å².